The van der Waals surface area contributed by atoms with Crippen molar-refractivity contribution < 1.29 is 14.4 Å². The quantitative estimate of drug-likeness (QED) is 0.557. The Balaban J connectivity index is 1.21. The van der Waals surface area contributed by atoms with Crippen LogP contribution in [0.3, 0.4) is 0 Å². The molecule has 4 rings (SSSR count). The molecule has 1 aromatic heterocycles. The SMILES string of the molecule is Cc1ccc(C(=O)CCC(=O)N2CCC(NC(=O)c3ccc(-n4cccc4)cc3)CC2)cc1. The molecule has 0 saturated carbocycles. The second kappa shape index (κ2) is 10.3. The predicted octanol–water partition coefficient (Wildman–Crippen LogP) is 4.17. The van der Waals surface area contributed by atoms with Crippen molar-refractivity contribution in [2.45, 2.75) is 38.6 Å². The van der Waals surface area contributed by atoms with Gasteiger partial charge in [0, 0.05) is 61.2 Å². The maximum atomic E-state index is 12.6. The van der Waals surface area contributed by atoms with Crippen molar-refractivity contribution in [1.29, 1.82) is 0 Å². The van der Waals surface area contributed by atoms with Crippen molar-refractivity contribution in [3.05, 3.63) is 89.7 Å². The van der Waals surface area contributed by atoms with Crippen LogP contribution in [0.1, 0.15) is 52.0 Å². The Morgan fingerprint density at radius 1 is 0.848 bits per heavy atom. The van der Waals surface area contributed by atoms with Crippen LogP contribution in [0.25, 0.3) is 5.69 Å². The first-order valence-corrected chi connectivity index (χ1v) is 11.4. The van der Waals surface area contributed by atoms with Crippen molar-refractivity contribution in [3.63, 3.8) is 0 Å². The predicted molar refractivity (Wildman–Crippen MR) is 128 cm³/mol. The molecule has 0 aliphatic carbocycles. The molecule has 2 amide bonds. The van der Waals surface area contributed by atoms with Crippen LogP contribution in [0.4, 0.5) is 0 Å². The Kier molecular flexibility index (Phi) is 7.03. The van der Waals surface area contributed by atoms with E-state index in [0.29, 0.717) is 37.1 Å². The summed E-state index contributed by atoms with van der Waals surface area (Å²) in [6, 6.07) is 18.9. The van der Waals surface area contributed by atoms with E-state index in [0.717, 1.165) is 11.3 Å². The minimum absolute atomic E-state index is 0.000777. The molecule has 0 spiro atoms. The molecule has 6 heteroatoms. The number of aryl methyl sites for hydroxylation is 1. The molecule has 33 heavy (non-hydrogen) atoms. The Labute approximate surface area is 194 Å². The van der Waals surface area contributed by atoms with Crippen LogP contribution in [0.5, 0.6) is 0 Å². The summed E-state index contributed by atoms with van der Waals surface area (Å²) in [6.07, 6.45) is 5.79. The number of rotatable bonds is 7. The lowest BCUT2D eigenvalue weighted by Gasteiger charge is -2.32. The van der Waals surface area contributed by atoms with Crippen molar-refractivity contribution in [3.8, 4) is 5.69 Å². The second-order valence-electron chi connectivity index (χ2n) is 8.55. The molecule has 1 N–H and O–H groups in total. The number of piperidine rings is 1. The number of nitrogens with zero attached hydrogens (tertiary/aromatic N) is 2. The van der Waals surface area contributed by atoms with Gasteiger partial charge in [0.2, 0.25) is 5.91 Å². The minimum atomic E-state index is -0.0949. The van der Waals surface area contributed by atoms with E-state index in [2.05, 4.69) is 5.32 Å². The summed E-state index contributed by atoms with van der Waals surface area (Å²) < 4.78 is 1.99. The number of ketones is 1. The number of nitrogens with one attached hydrogen (secondary N) is 1. The summed E-state index contributed by atoms with van der Waals surface area (Å²) in [7, 11) is 0. The van der Waals surface area contributed by atoms with Gasteiger partial charge in [-0.1, -0.05) is 29.8 Å². The largest absolute Gasteiger partial charge is 0.349 e. The average molecular weight is 444 g/mol. The van der Waals surface area contributed by atoms with Crippen LogP contribution in [0, 0.1) is 6.92 Å². The van der Waals surface area contributed by atoms with E-state index in [4.69, 9.17) is 0 Å². The lowest BCUT2D eigenvalue weighted by atomic mass is 10.0. The summed E-state index contributed by atoms with van der Waals surface area (Å²) in [5.41, 5.74) is 3.38. The molecular weight excluding hydrogens is 414 g/mol. The number of likely N-dealkylation sites (tertiary alicyclic amines) is 1. The number of carbonyl (C=O) groups excluding carboxylic acids is 3. The van der Waals surface area contributed by atoms with Crippen molar-refractivity contribution in [2.75, 3.05) is 13.1 Å². The fourth-order valence-electron chi connectivity index (χ4n) is 4.10. The highest BCUT2D eigenvalue weighted by Crippen LogP contribution is 2.15. The van der Waals surface area contributed by atoms with E-state index in [1.165, 1.54) is 0 Å². The first-order valence-electron chi connectivity index (χ1n) is 11.4. The van der Waals surface area contributed by atoms with Gasteiger partial charge in [-0.25, -0.2) is 0 Å². The lowest BCUT2D eigenvalue weighted by Crippen LogP contribution is -2.46. The molecule has 0 unspecified atom stereocenters. The van der Waals surface area contributed by atoms with Crippen LogP contribution in [0.2, 0.25) is 0 Å². The molecule has 0 atom stereocenters. The number of carbonyl (C=O) groups is 3. The van der Waals surface area contributed by atoms with E-state index in [1.54, 1.807) is 4.90 Å². The Hall–Kier alpha value is -3.67. The summed E-state index contributed by atoms with van der Waals surface area (Å²) in [5.74, 6) is -0.100. The fourth-order valence-corrected chi connectivity index (χ4v) is 4.10. The zero-order chi connectivity index (χ0) is 23.2. The Morgan fingerprint density at radius 3 is 2.09 bits per heavy atom. The summed E-state index contributed by atoms with van der Waals surface area (Å²) in [6.45, 7) is 3.16. The molecule has 0 bridgehead atoms. The van der Waals surface area contributed by atoms with Gasteiger partial charge in [-0.15, -0.1) is 0 Å². The maximum absolute atomic E-state index is 12.6. The Morgan fingerprint density at radius 2 is 1.45 bits per heavy atom. The average Bonchev–Trinajstić information content (AvgIpc) is 3.38. The molecule has 170 valence electrons. The zero-order valence-electron chi connectivity index (χ0n) is 18.9. The highest BCUT2D eigenvalue weighted by atomic mass is 16.2. The van der Waals surface area contributed by atoms with Gasteiger partial charge in [0.25, 0.3) is 5.91 Å². The molecule has 1 aliphatic heterocycles. The van der Waals surface area contributed by atoms with Gasteiger partial charge < -0.3 is 14.8 Å². The van der Waals surface area contributed by atoms with Crippen LogP contribution >= 0.6 is 0 Å². The molecular formula is C27H29N3O3. The molecule has 3 aromatic rings. The molecule has 0 radical (unpaired) electrons. The number of amides is 2. The standard InChI is InChI=1S/C27H29N3O3/c1-20-4-6-21(7-5-20)25(31)12-13-26(32)30-18-14-23(15-19-30)28-27(33)22-8-10-24(11-9-22)29-16-2-3-17-29/h2-11,16-17,23H,12-15,18-19H2,1H3,(H,28,33). The number of Topliss-reactive ketones (excluding diaryl/α,β-unsaturated/α-hetero) is 1. The van der Waals surface area contributed by atoms with E-state index < -0.39 is 0 Å². The van der Waals surface area contributed by atoms with Crippen LogP contribution < -0.4 is 5.32 Å². The van der Waals surface area contributed by atoms with Crippen LogP contribution in [-0.2, 0) is 4.79 Å². The summed E-state index contributed by atoms with van der Waals surface area (Å²) in [5, 5.41) is 3.09. The normalized spacial score (nSPS) is 14.2. The zero-order valence-corrected chi connectivity index (χ0v) is 18.9. The number of aromatic nitrogens is 1. The highest BCUT2D eigenvalue weighted by Gasteiger charge is 2.24. The van der Waals surface area contributed by atoms with Crippen LogP contribution in [0.15, 0.2) is 73.1 Å². The minimum Gasteiger partial charge on any atom is -0.349 e. The molecule has 1 saturated heterocycles. The van der Waals surface area contributed by atoms with Gasteiger partial charge in [-0.2, -0.15) is 0 Å². The number of hydrogen-bond acceptors (Lipinski definition) is 3. The first-order chi connectivity index (χ1) is 16.0. The summed E-state index contributed by atoms with van der Waals surface area (Å²) >= 11 is 0. The van der Waals surface area contributed by atoms with Gasteiger partial charge in [-0.3, -0.25) is 14.4 Å². The lowest BCUT2D eigenvalue weighted by molar-refractivity contribution is -0.132. The first kappa shape index (κ1) is 22.5. The van der Waals surface area contributed by atoms with Crippen LogP contribution in [-0.4, -0.2) is 46.2 Å². The monoisotopic (exact) mass is 443 g/mol. The van der Waals surface area contributed by atoms with Crippen molar-refractivity contribution in [1.82, 2.24) is 14.8 Å². The smallest absolute Gasteiger partial charge is 0.251 e. The van der Waals surface area contributed by atoms with E-state index in [1.807, 2.05) is 84.5 Å². The third-order valence-electron chi connectivity index (χ3n) is 6.15. The van der Waals surface area contributed by atoms with Gasteiger partial charge >= 0.3 is 0 Å². The third-order valence-corrected chi connectivity index (χ3v) is 6.15. The van der Waals surface area contributed by atoms with Crippen molar-refractivity contribution >= 4 is 17.6 Å². The highest BCUT2D eigenvalue weighted by molar-refractivity contribution is 5.98. The third kappa shape index (κ3) is 5.77. The van der Waals surface area contributed by atoms with Gasteiger partial charge in [0.05, 0.1) is 0 Å². The van der Waals surface area contributed by atoms with E-state index in [-0.39, 0.29) is 36.5 Å². The number of hydrogen-bond donors (Lipinski definition) is 1. The molecule has 6 nitrogen and oxygen atoms in total. The molecule has 2 aromatic carbocycles. The van der Waals surface area contributed by atoms with Gasteiger partial charge in [0.1, 0.15) is 0 Å². The molecule has 2 heterocycles. The molecule has 1 aliphatic rings. The van der Waals surface area contributed by atoms with Gasteiger partial charge in [0.15, 0.2) is 5.78 Å². The summed E-state index contributed by atoms with van der Waals surface area (Å²) in [4.78, 5) is 39.3. The Bertz CT molecular complexity index is 1090. The fraction of sp³-hybridized carbons (Fsp3) is 0.296. The van der Waals surface area contributed by atoms with E-state index in [9.17, 15) is 14.4 Å². The topological polar surface area (TPSA) is 71.4 Å². The van der Waals surface area contributed by atoms with Crippen molar-refractivity contribution in [2.24, 2.45) is 0 Å². The van der Waals surface area contributed by atoms with E-state index >= 15 is 0 Å². The second-order valence-corrected chi connectivity index (χ2v) is 8.55. The molecule has 1 fully saturated rings. The number of benzene rings is 2. The maximum Gasteiger partial charge on any atom is 0.251 e. The van der Waals surface area contributed by atoms with Gasteiger partial charge in [-0.05, 0) is 56.2 Å².